The smallest absolute Gasteiger partial charge is 0.246 e. The van der Waals surface area contributed by atoms with E-state index in [1.54, 1.807) is 30.4 Å². The minimum Gasteiger partial charge on any atom is -0.335 e. The van der Waals surface area contributed by atoms with Gasteiger partial charge in [0.1, 0.15) is 0 Å². The van der Waals surface area contributed by atoms with Crippen LogP contribution in [-0.4, -0.2) is 39.4 Å². The van der Waals surface area contributed by atoms with Gasteiger partial charge in [0.05, 0.1) is 17.6 Å². The molecule has 0 bridgehead atoms. The number of aromatic nitrogens is 4. The highest BCUT2D eigenvalue weighted by Gasteiger charge is 2.11. The van der Waals surface area contributed by atoms with E-state index in [4.69, 9.17) is 0 Å². The molecule has 1 aromatic carbocycles. The number of benzene rings is 1. The summed E-state index contributed by atoms with van der Waals surface area (Å²) in [6, 6.07) is 9.32. The molecule has 0 aliphatic rings. The first-order chi connectivity index (χ1) is 10.2. The number of carbonyl (C=O) groups excluding carboxylic acids is 1. The zero-order valence-corrected chi connectivity index (χ0v) is 11.4. The summed E-state index contributed by atoms with van der Waals surface area (Å²) >= 11 is 0. The summed E-state index contributed by atoms with van der Waals surface area (Å²) in [6.45, 7) is 0.140. The lowest BCUT2D eigenvalue weighted by atomic mass is 10.3. The number of amides is 1. The fraction of sp³-hybridized carbons (Fsp3) is 0.143. The molecular formula is C14H14N6O. The Morgan fingerprint density at radius 3 is 2.76 bits per heavy atom. The third-order valence-electron chi connectivity index (χ3n) is 2.92. The first-order valence-corrected chi connectivity index (χ1v) is 6.45. The van der Waals surface area contributed by atoms with E-state index in [0.717, 1.165) is 11.0 Å². The Morgan fingerprint density at radius 1 is 1.24 bits per heavy atom. The maximum absolute atomic E-state index is 12.0. The van der Waals surface area contributed by atoms with Crippen LogP contribution in [0, 0.1) is 0 Å². The third-order valence-corrected chi connectivity index (χ3v) is 2.92. The molecule has 0 saturated heterocycles. The summed E-state index contributed by atoms with van der Waals surface area (Å²) in [5, 5.41) is 2.73. The van der Waals surface area contributed by atoms with Gasteiger partial charge in [-0.2, -0.15) is 0 Å². The minimum atomic E-state index is -0.191. The fourth-order valence-electron chi connectivity index (χ4n) is 1.96. The number of nitrogens with zero attached hydrogens (tertiary/aromatic N) is 4. The van der Waals surface area contributed by atoms with Crippen molar-refractivity contribution < 1.29 is 4.79 Å². The lowest BCUT2D eigenvalue weighted by molar-refractivity contribution is -0.115. The number of imidazole rings is 1. The van der Waals surface area contributed by atoms with Crippen molar-refractivity contribution in [1.29, 1.82) is 0 Å². The SMILES string of the molecule is CN(CC(=O)Nc1nc2ccccc2[nH]1)c1ncccn1. The van der Waals surface area contributed by atoms with Crippen LogP contribution < -0.4 is 10.2 Å². The summed E-state index contributed by atoms with van der Waals surface area (Å²) < 4.78 is 0. The molecule has 0 radical (unpaired) electrons. The van der Waals surface area contributed by atoms with Crippen LogP contribution in [0.3, 0.4) is 0 Å². The number of nitrogens with one attached hydrogen (secondary N) is 2. The lowest BCUT2D eigenvalue weighted by Crippen LogP contribution is -2.31. The zero-order valence-electron chi connectivity index (χ0n) is 11.4. The second-order valence-electron chi connectivity index (χ2n) is 4.56. The second kappa shape index (κ2) is 5.58. The van der Waals surface area contributed by atoms with Crippen molar-refractivity contribution in [3.8, 4) is 0 Å². The number of fused-ring (bicyclic) bond motifs is 1. The van der Waals surface area contributed by atoms with Gasteiger partial charge in [-0.3, -0.25) is 10.1 Å². The van der Waals surface area contributed by atoms with Gasteiger partial charge >= 0.3 is 0 Å². The van der Waals surface area contributed by atoms with Gasteiger partial charge in [-0.05, 0) is 18.2 Å². The number of carbonyl (C=O) groups is 1. The highest BCUT2D eigenvalue weighted by atomic mass is 16.2. The highest BCUT2D eigenvalue weighted by Crippen LogP contribution is 2.13. The summed E-state index contributed by atoms with van der Waals surface area (Å²) in [6.07, 6.45) is 3.27. The van der Waals surface area contributed by atoms with Crippen molar-refractivity contribution in [1.82, 2.24) is 19.9 Å². The summed E-state index contributed by atoms with van der Waals surface area (Å²) in [5.74, 6) is 0.741. The van der Waals surface area contributed by atoms with E-state index >= 15 is 0 Å². The molecule has 3 aromatic rings. The molecule has 0 unspecified atom stereocenters. The quantitative estimate of drug-likeness (QED) is 0.756. The van der Waals surface area contributed by atoms with E-state index in [1.165, 1.54) is 0 Å². The highest BCUT2D eigenvalue weighted by molar-refractivity contribution is 5.93. The van der Waals surface area contributed by atoms with Crippen molar-refractivity contribution in [2.24, 2.45) is 0 Å². The van der Waals surface area contributed by atoms with Gasteiger partial charge in [0.15, 0.2) is 0 Å². The Balaban J connectivity index is 1.66. The van der Waals surface area contributed by atoms with E-state index in [2.05, 4.69) is 25.3 Å². The van der Waals surface area contributed by atoms with Gasteiger partial charge < -0.3 is 9.88 Å². The third kappa shape index (κ3) is 2.97. The Labute approximate surface area is 121 Å². The first kappa shape index (κ1) is 13.0. The van der Waals surface area contributed by atoms with E-state index in [1.807, 2.05) is 24.3 Å². The monoisotopic (exact) mass is 282 g/mol. The average molecular weight is 282 g/mol. The van der Waals surface area contributed by atoms with Crippen LogP contribution in [0.15, 0.2) is 42.7 Å². The van der Waals surface area contributed by atoms with E-state index in [9.17, 15) is 4.79 Å². The molecule has 7 heteroatoms. The Kier molecular flexibility index (Phi) is 3.46. The van der Waals surface area contributed by atoms with Crippen LogP contribution in [0.2, 0.25) is 0 Å². The van der Waals surface area contributed by atoms with Crippen molar-refractivity contribution in [2.45, 2.75) is 0 Å². The van der Waals surface area contributed by atoms with Gasteiger partial charge in [-0.25, -0.2) is 15.0 Å². The van der Waals surface area contributed by atoms with Crippen LogP contribution in [-0.2, 0) is 4.79 Å². The fourth-order valence-corrected chi connectivity index (χ4v) is 1.96. The summed E-state index contributed by atoms with van der Waals surface area (Å²) in [5.41, 5.74) is 1.69. The van der Waals surface area contributed by atoms with Gasteiger partial charge in [0, 0.05) is 19.4 Å². The molecular weight excluding hydrogens is 268 g/mol. The van der Waals surface area contributed by atoms with Crippen molar-refractivity contribution in [3.05, 3.63) is 42.7 Å². The molecule has 0 spiro atoms. The minimum absolute atomic E-state index is 0.140. The van der Waals surface area contributed by atoms with Gasteiger partial charge in [0.2, 0.25) is 17.8 Å². The molecule has 0 aliphatic carbocycles. The average Bonchev–Trinajstić information content (AvgIpc) is 2.90. The Bertz CT molecular complexity index is 721. The number of likely N-dealkylation sites (N-methyl/N-ethyl adjacent to an activating group) is 1. The molecule has 2 heterocycles. The molecule has 1 amide bonds. The molecule has 106 valence electrons. The number of aromatic amines is 1. The van der Waals surface area contributed by atoms with Crippen molar-refractivity contribution >= 4 is 28.8 Å². The van der Waals surface area contributed by atoms with Crippen LogP contribution in [0.4, 0.5) is 11.9 Å². The molecule has 0 aliphatic heterocycles. The summed E-state index contributed by atoms with van der Waals surface area (Å²) in [7, 11) is 1.76. The molecule has 3 rings (SSSR count). The second-order valence-corrected chi connectivity index (χ2v) is 4.56. The normalized spacial score (nSPS) is 10.5. The topological polar surface area (TPSA) is 86.8 Å². The van der Waals surface area contributed by atoms with Crippen LogP contribution in [0.1, 0.15) is 0 Å². The van der Waals surface area contributed by atoms with Crippen LogP contribution in [0.25, 0.3) is 11.0 Å². The number of anilines is 2. The maximum atomic E-state index is 12.0. The molecule has 0 saturated carbocycles. The maximum Gasteiger partial charge on any atom is 0.246 e. The van der Waals surface area contributed by atoms with E-state index in [-0.39, 0.29) is 12.5 Å². The van der Waals surface area contributed by atoms with Gasteiger partial charge in [-0.15, -0.1) is 0 Å². The lowest BCUT2D eigenvalue weighted by Gasteiger charge is -2.15. The van der Waals surface area contributed by atoms with E-state index in [0.29, 0.717) is 11.9 Å². The molecule has 21 heavy (non-hydrogen) atoms. The van der Waals surface area contributed by atoms with Crippen LogP contribution in [0.5, 0.6) is 0 Å². The largest absolute Gasteiger partial charge is 0.335 e. The Morgan fingerprint density at radius 2 is 2.00 bits per heavy atom. The predicted octanol–water partition coefficient (Wildman–Crippen LogP) is 1.43. The molecule has 2 aromatic heterocycles. The van der Waals surface area contributed by atoms with Crippen LogP contribution >= 0.6 is 0 Å². The number of rotatable bonds is 4. The zero-order chi connectivity index (χ0) is 14.7. The Hall–Kier alpha value is -2.96. The number of para-hydroxylation sites is 2. The summed E-state index contributed by atoms with van der Waals surface area (Å²) in [4.78, 5) is 29.2. The standard InChI is InChI=1S/C14H14N6O/c1-20(14-15-7-4-8-16-14)9-12(21)19-13-17-10-5-2-3-6-11(10)18-13/h2-8H,9H2,1H3,(H2,17,18,19,21). The molecule has 7 nitrogen and oxygen atoms in total. The van der Waals surface area contributed by atoms with Crippen molar-refractivity contribution in [3.63, 3.8) is 0 Å². The number of H-pyrrole nitrogens is 1. The predicted molar refractivity (Wildman–Crippen MR) is 80.0 cm³/mol. The van der Waals surface area contributed by atoms with Gasteiger partial charge in [0.25, 0.3) is 0 Å². The molecule has 0 atom stereocenters. The number of hydrogen-bond acceptors (Lipinski definition) is 5. The molecule has 2 N–H and O–H groups in total. The molecule has 0 fully saturated rings. The van der Waals surface area contributed by atoms with Crippen molar-refractivity contribution in [2.75, 3.05) is 23.8 Å². The first-order valence-electron chi connectivity index (χ1n) is 6.45. The number of hydrogen-bond donors (Lipinski definition) is 2. The van der Waals surface area contributed by atoms with E-state index < -0.39 is 0 Å². The van der Waals surface area contributed by atoms with Gasteiger partial charge in [-0.1, -0.05) is 12.1 Å².